The Morgan fingerprint density at radius 1 is 1.14 bits per heavy atom. The number of para-hydroxylation sites is 1. The van der Waals surface area contributed by atoms with Gasteiger partial charge in [0.1, 0.15) is 51.2 Å². The molecule has 0 saturated carbocycles. The second-order valence-electron chi connectivity index (χ2n) is 7.62. The molecule has 22 heavy (non-hydrogen) atoms. The Hall–Kier alpha value is -1.10. The van der Waals surface area contributed by atoms with Gasteiger partial charge in [-0.3, -0.25) is 0 Å². The van der Waals surface area contributed by atoms with Crippen LogP contribution in [0.4, 0.5) is 0 Å². The number of hydrogen-bond donors (Lipinski definition) is 3. The number of nitrogens with one attached hydrogen (secondary N) is 2. The van der Waals surface area contributed by atoms with Gasteiger partial charge in [0.2, 0.25) is 0 Å². The van der Waals surface area contributed by atoms with E-state index in [1.165, 1.54) is 23.6 Å². The lowest BCUT2D eigenvalue weighted by Crippen LogP contribution is -3.27. The number of hydrogen-bond acceptors (Lipinski definition) is 2. The van der Waals surface area contributed by atoms with Crippen LogP contribution in [0.25, 0.3) is 0 Å². The van der Waals surface area contributed by atoms with Gasteiger partial charge in [-0.2, -0.15) is 0 Å². The number of likely N-dealkylation sites (N-methyl/N-ethyl adjacent to an activating group) is 1. The fourth-order valence-corrected chi connectivity index (χ4v) is 3.02. The van der Waals surface area contributed by atoms with Gasteiger partial charge in [0.25, 0.3) is 0 Å². The molecule has 0 radical (unpaired) electrons. The largest absolute Gasteiger partial charge is 0.490 e. The van der Waals surface area contributed by atoms with Crippen molar-refractivity contribution in [2.75, 3.05) is 46.4 Å². The Morgan fingerprint density at radius 3 is 2.41 bits per heavy atom. The van der Waals surface area contributed by atoms with Crippen LogP contribution >= 0.6 is 0 Å². The Morgan fingerprint density at radius 2 is 1.77 bits per heavy atom. The Balaban J connectivity index is 1.85. The summed E-state index contributed by atoms with van der Waals surface area (Å²) >= 11 is 0. The summed E-state index contributed by atoms with van der Waals surface area (Å²) in [5, 5.41) is 10.3. The molecule has 0 bridgehead atoms. The standard InChI is InChI=1S/C18H30N2O2/c1-18(2,3)16-7-5-6-8-17(16)22-14-15(21)13-20-11-9-19(4)10-12-20/h5-8,15,21H,9-14H2,1-4H3/p+2/t15-/m1/s1. The van der Waals surface area contributed by atoms with Gasteiger partial charge >= 0.3 is 0 Å². The minimum Gasteiger partial charge on any atom is -0.490 e. The lowest BCUT2D eigenvalue weighted by molar-refractivity contribution is -1.00. The van der Waals surface area contributed by atoms with Crippen molar-refractivity contribution in [3.8, 4) is 5.75 Å². The monoisotopic (exact) mass is 308 g/mol. The van der Waals surface area contributed by atoms with Gasteiger partial charge in [-0.25, -0.2) is 0 Å². The van der Waals surface area contributed by atoms with E-state index < -0.39 is 6.10 Å². The zero-order valence-corrected chi connectivity index (χ0v) is 14.5. The van der Waals surface area contributed by atoms with E-state index >= 15 is 0 Å². The normalized spacial score (nSPS) is 24.0. The SMILES string of the molecule is C[NH+]1CC[NH+](C[C@@H](O)COc2ccccc2C(C)(C)C)CC1. The number of benzene rings is 1. The molecular formula is C18H32N2O2+2. The second-order valence-corrected chi connectivity index (χ2v) is 7.62. The number of aliphatic hydroxyl groups excluding tert-OH is 1. The second kappa shape index (κ2) is 7.44. The van der Waals surface area contributed by atoms with E-state index in [1.54, 1.807) is 4.90 Å². The van der Waals surface area contributed by atoms with Crippen LogP contribution in [-0.2, 0) is 5.41 Å². The van der Waals surface area contributed by atoms with Gasteiger partial charge < -0.3 is 19.6 Å². The molecule has 1 aromatic carbocycles. The Labute approximate surface area is 134 Å². The quantitative estimate of drug-likeness (QED) is 0.662. The Kier molecular flexibility index (Phi) is 5.84. The maximum atomic E-state index is 10.3. The number of ether oxygens (including phenoxy) is 1. The Bertz CT molecular complexity index is 462. The average Bonchev–Trinajstić information content (AvgIpc) is 2.47. The van der Waals surface area contributed by atoms with Crippen molar-refractivity contribution in [2.24, 2.45) is 0 Å². The predicted octanol–water partition coefficient (Wildman–Crippen LogP) is -0.863. The van der Waals surface area contributed by atoms with Crippen LogP contribution in [0.1, 0.15) is 26.3 Å². The number of aliphatic hydroxyl groups is 1. The highest BCUT2D eigenvalue weighted by atomic mass is 16.5. The van der Waals surface area contributed by atoms with Gasteiger partial charge in [0.05, 0.1) is 7.05 Å². The molecule has 1 heterocycles. The first kappa shape index (κ1) is 17.3. The third-order valence-electron chi connectivity index (χ3n) is 4.46. The van der Waals surface area contributed by atoms with E-state index in [0.29, 0.717) is 6.61 Å². The van der Waals surface area contributed by atoms with Gasteiger partial charge in [0.15, 0.2) is 0 Å². The highest BCUT2D eigenvalue weighted by molar-refractivity contribution is 5.38. The summed E-state index contributed by atoms with van der Waals surface area (Å²) in [4.78, 5) is 3.08. The van der Waals surface area contributed by atoms with Crippen molar-refractivity contribution < 1.29 is 19.6 Å². The summed E-state index contributed by atoms with van der Waals surface area (Å²) < 4.78 is 5.92. The molecular weight excluding hydrogens is 276 g/mol. The highest BCUT2D eigenvalue weighted by Crippen LogP contribution is 2.30. The third kappa shape index (κ3) is 4.97. The van der Waals surface area contributed by atoms with Gasteiger partial charge in [-0.05, 0) is 17.0 Å². The molecule has 1 aliphatic heterocycles. The third-order valence-corrected chi connectivity index (χ3v) is 4.46. The van der Waals surface area contributed by atoms with E-state index in [-0.39, 0.29) is 5.41 Å². The van der Waals surface area contributed by atoms with Crippen LogP contribution < -0.4 is 14.5 Å². The van der Waals surface area contributed by atoms with Crippen LogP contribution in [0.2, 0.25) is 0 Å². The van der Waals surface area contributed by atoms with Crippen molar-refractivity contribution in [1.82, 2.24) is 0 Å². The van der Waals surface area contributed by atoms with Crippen molar-refractivity contribution in [1.29, 1.82) is 0 Å². The molecule has 1 atom stereocenters. The van der Waals surface area contributed by atoms with Crippen LogP contribution in [0.5, 0.6) is 5.75 Å². The average molecular weight is 308 g/mol. The fraction of sp³-hybridized carbons (Fsp3) is 0.667. The zero-order valence-electron chi connectivity index (χ0n) is 14.5. The van der Waals surface area contributed by atoms with E-state index in [0.717, 1.165) is 25.4 Å². The molecule has 0 aromatic heterocycles. The van der Waals surface area contributed by atoms with Crippen LogP contribution in [0.15, 0.2) is 24.3 Å². The van der Waals surface area contributed by atoms with Gasteiger partial charge in [0, 0.05) is 0 Å². The van der Waals surface area contributed by atoms with Crippen molar-refractivity contribution in [2.45, 2.75) is 32.3 Å². The maximum Gasteiger partial charge on any atom is 0.137 e. The number of quaternary nitrogens is 2. The summed E-state index contributed by atoms with van der Waals surface area (Å²) in [6.45, 7) is 12.4. The molecule has 1 saturated heterocycles. The minimum absolute atomic E-state index is 0.0486. The van der Waals surface area contributed by atoms with Crippen LogP contribution in [0, 0.1) is 0 Å². The molecule has 1 aliphatic rings. The topological polar surface area (TPSA) is 38.3 Å². The van der Waals surface area contributed by atoms with Crippen molar-refractivity contribution in [3.05, 3.63) is 29.8 Å². The van der Waals surface area contributed by atoms with E-state index in [4.69, 9.17) is 4.74 Å². The minimum atomic E-state index is -0.401. The first-order chi connectivity index (χ1) is 10.4. The predicted molar refractivity (Wildman–Crippen MR) is 88.8 cm³/mol. The molecule has 0 amide bonds. The number of rotatable bonds is 5. The van der Waals surface area contributed by atoms with Crippen LogP contribution in [-0.4, -0.2) is 57.6 Å². The highest BCUT2D eigenvalue weighted by Gasteiger charge is 2.23. The summed E-state index contributed by atoms with van der Waals surface area (Å²) in [5.41, 5.74) is 1.24. The molecule has 3 N–H and O–H groups in total. The molecule has 4 heteroatoms. The summed E-state index contributed by atoms with van der Waals surface area (Å²) in [6, 6.07) is 8.14. The van der Waals surface area contributed by atoms with Crippen molar-refractivity contribution >= 4 is 0 Å². The lowest BCUT2D eigenvalue weighted by Gasteiger charge is -2.29. The fourth-order valence-electron chi connectivity index (χ4n) is 3.02. The molecule has 0 unspecified atom stereocenters. The first-order valence-electron chi connectivity index (χ1n) is 8.41. The smallest absolute Gasteiger partial charge is 0.137 e. The van der Waals surface area contributed by atoms with Crippen LogP contribution in [0.3, 0.4) is 0 Å². The summed E-state index contributed by atoms with van der Waals surface area (Å²) in [6.07, 6.45) is -0.401. The first-order valence-corrected chi connectivity index (χ1v) is 8.41. The molecule has 0 spiro atoms. The number of piperazine rings is 1. The van der Waals surface area contributed by atoms with E-state index in [1.807, 2.05) is 18.2 Å². The summed E-state index contributed by atoms with van der Waals surface area (Å²) in [7, 11) is 2.24. The van der Waals surface area contributed by atoms with Crippen molar-refractivity contribution in [3.63, 3.8) is 0 Å². The molecule has 4 nitrogen and oxygen atoms in total. The van der Waals surface area contributed by atoms with E-state index in [2.05, 4.69) is 33.9 Å². The zero-order chi connectivity index (χ0) is 16.2. The molecule has 0 aliphatic carbocycles. The molecule has 1 aromatic rings. The molecule has 1 fully saturated rings. The van der Waals surface area contributed by atoms with Gasteiger partial charge in [-0.15, -0.1) is 0 Å². The molecule has 124 valence electrons. The maximum absolute atomic E-state index is 10.3. The van der Waals surface area contributed by atoms with E-state index in [9.17, 15) is 5.11 Å². The molecule has 2 rings (SSSR count). The van der Waals surface area contributed by atoms with Gasteiger partial charge in [-0.1, -0.05) is 39.0 Å². The summed E-state index contributed by atoms with van der Waals surface area (Å²) in [5.74, 6) is 0.895. The lowest BCUT2D eigenvalue weighted by atomic mass is 9.86.